The monoisotopic (exact) mass is 449 g/mol. The Labute approximate surface area is 173 Å². The van der Waals surface area contributed by atoms with Crippen molar-refractivity contribution in [2.24, 2.45) is 0 Å². The van der Waals surface area contributed by atoms with Gasteiger partial charge >= 0.3 is 0 Å². The van der Waals surface area contributed by atoms with Gasteiger partial charge in [0.1, 0.15) is 11.5 Å². The Morgan fingerprint density at radius 1 is 1.07 bits per heavy atom. The molecule has 0 atom stereocenters. The fraction of sp³-hybridized carbons (Fsp3) is 0.0476. The molecule has 0 fully saturated rings. The van der Waals surface area contributed by atoms with Gasteiger partial charge in [0.15, 0.2) is 5.82 Å². The van der Waals surface area contributed by atoms with Crippen LogP contribution in [-0.2, 0) is 0 Å². The number of halogens is 2. The molecule has 1 N–H and O–H groups in total. The number of hydrogen-bond acceptors (Lipinski definition) is 5. The third-order valence-electron chi connectivity index (χ3n) is 4.55. The molecule has 0 bridgehead atoms. The van der Waals surface area contributed by atoms with E-state index >= 15 is 0 Å². The van der Waals surface area contributed by atoms with Gasteiger partial charge in [-0.05, 0) is 55.0 Å². The average Bonchev–Trinajstić information content (AvgIpc) is 3.38. The van der Waals surface area contributed by atoms with E-state index in [0.29, 0.717) is 27.3 Å². The number of aromatic nitrogens is 5. The van der Waals surface area contributed by atoms with Crippen molar-refractivity contribution < 1.29 is 8.91 Å². The van der Waals surface area contributed by atoms with Gasteiger partial charge in [-0.2, -0.15) is 4.98 Å². The molecule has 5 aromatic rings. The zero-order chi connectivity index (χ0) is 20.0. The molecule has 0 aliphatic rings. The number of pyridine rings is 1. The molecule has 0 radical (unpaired) electrons. The maximum atomic E-state index is 14.3. The Morgan fingerprint density at radius 3 is 2.79 bits per heavy atom. The van der Waals surface area contributed by atoms with Gasteiger partial charge < -0.3 is 9.51 Å². The van der Waals surface area contributed by atoms with E-state index in [2.05, 4.69) is 41.0 Å². The number of rotatable bonds is 3. The quantitative estimate of drug-likeness (QED) is 0.390. The van der Waals surface area contributed by atoms with E-state index in [-0.39, 0.29) is 5.82 Å². The van der Waals surface area contributed by atoms with Crippen LogP contribution in [0.2, 0.25) is 0 Å². The van der Waals surface area contributed by atoms with Crippen LogP contribution in [0.3, 0.4) is 0 Å². The van der Waals surface area contributed by atoms with Crippen molar-refractivity contribution in [1.82, 2.24) is 25.1 Å². The third kappa shape index (κ3) is 3.21. The summed E-state index contributed by atoms with van der Waals surface area (Å²) in [5.74, 6) is 0.762. The molecule has 5 rings (SSSR count). The minimum atomic E-state index is -0.418. The number of benzene rings is 2. The number of H-pyrrole nitrogens is 1. The first-order chi connectivity index (χ1) is 14.1. The second kappa shape index (κ2) is 6.89. The Kier molecular flexibility index (Phi) is 4.21. The fourth-order valence-corrected chi connectivity index (χ4v) is 3.36. The number of imidazole rings is 1. The Morgan fingerprint density at radius 2 is 1.97 bits per heavy atom. The molecule has 0 amide bonds. The summed E-state index contributed by atoms with van der Waals surface area (Å²) in [4.78, 5) is 16.5. The highest BCUT2D eigenvalue weighted by molar-refractivity contribution is 9.10. The lowest BCUT2D eigenvalue weighted by molar-refractivity contribution is 0.432. The van der Waals surface area contributed by atoms with Crippen LogP contribution in [0.4, 0.5) is 4.39 Å². The summed E-state index contributed by atoms with van der Waals surface area (Å²) in [7, 11) is 0. The Bertz CT molecular complexity index is 1350. The first-order valence-corrected chi connectivity index (χ1v) is 9.59. The zero-order valence-corrected chi connectivity index (χ0v) is 16.7. The molecule has 142 valence electrons. The molecule has 8 heteroatoms. The van der Waals surface area contributed by atoms with Crippen molar-refractivity contribution in [3.05, 3.63) is 70.6 Å². The predicted octanol–water partition coefficient (Wildman–Crippen LogP) is 5.55. The van der Waals surface area contributed by atoms with Crippen LogP contribution in [0.5, 0.6) is 0 Å². The van der Waals surface area contributed by atoms with Gasteiger partial charge in [0.05, 0.1) is 16.6 Å². The number of aromatic amines is 1. The van der Waals surface area contributed by atoms with E-state index in [9.17, 15) is 4.39 Å². The van der Waals surface area contributed by atoms with Crippen LogP contribution in [0.25, 0.3) is 45.4 Å². The van der Waals surface area contributed by atoms with Crippen LogP contribution in [-0.4, -0.2) is 25.1 Å². The number of nitrogens with one attached hydrogen (secondary N) is 1. The van der Waals surface area contributed by atoms with Gasteiger partial charge in [-0.3, -0.25) is 4.98 Å². The number of hydrogen-bond donors (Lipinski definition) is 1. The molecule has 3 heterocycles. The third-order valence-corrected chi connectivity index (χ3v) is 5.41. The predicted molar refractivity (Wildman–Crippen MR) is 110 cm³/mol. The second-order valence-corrected chi connectivity index (χ2v) is 7.39. The summed E-state index contributed by atoms with van der Waals surface area (Å²) >= 11 is 3.32. The fourth-order valence-electron chi connectivity index (χ4n) is 3.05. The van der Waals surface area contributed by atoms with Gasteiger partial charge in [0.25, 0.3) is 5.89 Å². The zero-order valence-electron chi connectivity index (χ0n) is 15.1. The molecule has 0 spiro atoms. The Balaban J connectivity index is 1.53. The van der Waals surface area contributed by atoms with Gasteiger partial charge in [-0.1, -0.05) is 27.2 Å². The largest absolute Gasteiger partial charge is 0.337 e. The molecule has 0 aliphatic heterocycles. The second-order valence-electron chi connectivity index (χ2n) is 6.54. The summed E-state index contributed by atoms with van der Waals surface area (Å²) in [6.07, 6.45) is 1.72. The summed E-state index contributed by atoms with van der Waals surface area (Å²) in [5, 5.41) is 3.95. The van der Waals surface area contributed by atoms with Crippen LogP contribution in [0, 0.1) is 12.7 Å². The van der Waals surface area contributed by atoms with Crippen LogP contribution >= 0.6 is 15.9 Å². The van der Waals surface area contributed by atoms with E-state index in [1.807, 2.05) is 43.3 Å². The smallest absolute Gasteiger partial charge is 0.258 e. The lowest BCUT2D eigenvalue weighted by atomic mass is 10.1. The van der Waals surface area contributed by atoms with E-state index in [0.717, 1.165) is 22.3 Å². The molecule has 2 aromatic carbocycles. The standard InChI is InChI=1S/C21H13BrFN5O/c1-11-8-13(15(23)10-14(11)22)19-27-21(29-28-19)12-5-6-16-18(9-12)26-20(25-16)17-4-2-3-7-24-17/h2-10H,1H3,(H,25,26). The van der Waals surface area contributed by atoms with Gasteiger partial charge in [-0.15, -0.1) is 0 Å². The van der Waals surface area contributed by atoms with Crippen LogP contribution < -0.4 is 0 Å². The normalized spacial score (nSPS) is 11.3. The lowest BCUT2D eigenvalue weighted by Gasteiger charge is -2.02. The highest BCUT2D eigenvalue weighted by Gasteiger charge is 2.16. The van der Waals surface area contributed by atoms with E-state index in [4.69, 9.17) is 4.52 Å². The Hall–Kier alpha value is -3.39. The van der Waals surface area contributed by atoms with Crippen molar-refractivity contribution in [3.63, 3.8) is 0 Å². The van der Waals surface area contributed by atoms with Crippen LogP contribution in [0.15, 0.2) is 63.7 Å². The molecular weight excluding hydrogens is 437 g/mol. The molecule has 29 heavy (non-hydrogen) atoms. The van der Waals surface area contributed by atoms with Gasteiger partial charge in [0, 0.05) is 16.2 Å². The number of aryl methyl sites for hydroxylation is 1. The molecular formula is C21H13BrFN5O. The summed E-state index contributed by atoms with van der Waals surface area (Å²) < 4.78 is 20.4. The minimum absolute atomic E-state index is 0.201. The van der Waals surface area contributed by atoms with E-state index in [1.165, 1.54) is 6.07 Å². The number of nitrogens with zero attached hydrogens (tertiary/aromatic N) is 4. The summed E-state index contributed by atoms with van der Waals surface area (Å²) in [5.41, 5.74) is 4.25. The van der Waals surface area contributed by atoms with Gasteiger partial charge in [0.2, 0.25) is 5.82 Å². The van der Waals surface area contributed by atoms with Crippen molar-refractivity contribution >= 4 is 27.0 Å². The van der Waals surface area contributed by atoms with E-state index < -0.39 is 5.82 Å². The van der Waals surface area contributed by atoms with Gasteiger partial charge in [-0.25, -0.2) is 9.37 Å². The highest BCUT2D eigenvalue weighted by atomic mass is 79.9. The summed E-state index contributed by atoms with van der Waals surface area (Å²) in [6, 6.07) is 14.3. The first kappa shape index (κ1) is 17.7. The SMILES string of the molecule is Cc1cc(-c2noc(-c3ccc4nc(-c5ccccn5)[nH]c4c3)n2)c(F)cc1Br. The van der Waals surface area contributed by atoms with E-state index in [1.54, 1.807) is 12.3 Å². The van der Waals surface area contributed by atoms with Crippen molar-refractivity contribution in [1.29, 1.82) is 0 Å². The molecule has 0 aliphatic carbocycles. The molecule has 0 saturated heterocycles. The van der Waals surface area contributed by atoms with Crippen molar-refractivity contribution in [3.8, 4) is 34.4 Å². The molecule has 6 nitrogen and oxygen atoms in total. The molecule has 0 unspecified atom stereocenters. The lowest BCUT2D eigenvalue weighted by Crippen LogP contribution is -1.89. The average molecular weight is 450 g/mol. The maximum Gasteiger partial charge on any atom is 0.258 e. The topological polar surface area (TPSA) is 80.5 Å². The maximum absolute atomic E-state index is 14.3. The minimum Gasteiger partial charge on any atom is -0.337 e. The first-order valence-electron chi connectivity index (χ1n) is 8.80. The van der Waals surface area contributed by atoms with Crippen molar-refractivity contribution in [2.75, 3.05) is 0 Å². The van der Waals surface area contributed by atoms with Crippen LogP contribution in [0.1, 0.15) is 5.56 Å². The molecule has 3 aromatic heterocycles. The number of fused-ring (bicyclic) bond motifs is 1. The van der Waals surface area contributed by atoms with Crippen molar-refractivity contribution in [2.45, 2.75) is 6.92 Å². The molecule has 0 saturated carbocycles. The summed E-state index contributed by atoms with van der Waals surface area (Å²) in [6.45, 7) is 1.87. The highest BCUT2D eigenvalue weighted by Crippen LogP contribution is 2.29.